The van der Waals surface area contributed by atoms with Gasteiger partial charge in [-0.1, -0.05) is 0 Å². The maximum atomic E-state index is 10.6. The summed E-state index contributed by atoms with van der Waals surface area (Å²) < 4.78 is 0. The minimum Gasteiger partial charge on any atom is -0.508 e. The fraction of sp³-hybridized carbons (Fsp3) is 0. The number of phenolic OH excluding ortho intramolecular Hbond substituents is 1. The average Bonchev–Trinajstić information content (AvgIpc) is 2.16. The topological polar surface area (TPSA) is 131 Å². The predicted octanol–water partition coefficient (Wildman–Crippen LogP) is 0.303. The fourth-order valence-corrected chi connectivity index (χ4v) is 0.977. The molecule has 0 fully saturated rings. The van der Waals surface area contributed by atoms with Crippen LogP contribution in [0.3, 0.4) is 0 Å². The minimum absolute atomic E-state index is 0.0544. The van der Waals surface area contributed by atoms with E-state index in [1.165, 1.54) is 6.07 Å². The van der Waals surface area contributed by atoms with Gasteiger partial charge in [0.25, 0.3) is 5.69 Å². The monoisotopic (exact) mass is 224 g/mol. The number of benzene rings is 1. The summed E-state index contributed by atoms with van der Waals surface area (Å²) in [4.78, 5) is 20.2. The molecule has 16 heavy (non-hydrogen) atoms. The highest BCUT2D eigenvalue weighted by Crippen LogP contribution is 2.21. The lowest BCUT2D eigenvalue weighted by Gasteiger charge is -1.98. The lowest BCUT2D eigenvalue weighted by atomic mass is 10.2. The first-order chi connectivity index (χ1) is 7.50. The molecule has 0 unspecified atom stereocenters. The molecule has 2 amide bonds. The number of hydrogen-bond acceptors (Lipinski definition) is 5. The molecule has 1 aromatic carbocycles. The van der Waals surface area contributed by atoms with Crippen molar-refractivity contribution < 1.29 is 14.8 Å². The molecule has 0 radical (unpaired) electrons. The van der Waals surface area contributed by atoms with Gasteiger partial charge >= 0.3 is 6.03 Å². The Hall–Kier alpha value is -2.64. The third-order valence-corrected chi connectivity index (χ3v) is 1.59. The van der Waals surface area contributed by atoms with Crippen molar-refractivity contribution in [2.45, 2.75) is 0 Å². The molecule has 0 aliphatic carbocycles. The molecule has 1 aromatic rings. The van der Waals surface area contributed by atoms with Crippen molar-refractivity contribution in [3.63, 3.8) is 0 Å². The molecule has 0 aromatic heterocycles. The molecule has 8 nitrogen and oxygen atoms in total. The summed E-state index contributed by atoms with van der Waals surface area (Å²) in [6.07, 6.45) is 1.02. The quantitative estimate of drug-likeness (QED) is 0.387. The lowest BCUT2D eigenvalue weighted by molar-refractivity contribution is -0.385. The molecule has 0 aliphatic rings. The smallest absolute Gasteiger partial charge is 0.332 e. The zero-order chi connectivity index (χ0) is 12.1. The number of nitro benzene ring substituents is 1. The van der Waals surface area contributed by atoms with Gasteiger partial charge in [0.05, 0.1) is 16.7 Å². The van der Waals surface area contributed by atoms with E-state index >= 15 is 0 Å². The minimum atomic E-state index is -0.890. The van der Waals surface area contributed by atoms with E-state index in [9.17, 15) is 14.9 Å². The summed E-state index contributed by atoms with van der Waals surface area (Å²) in [7, 11) is 0. The normalized spacial score (nSPS) is 10.2. The molecule has 0 saturated heterocycles. The number of nitrogens with zero attached hydrogens (tertiary/aromatic N) is 2. The van der Waals surface area contributed by atoms with Crippen LogP contribution in [0.1, 0.15) is 5.56 Å². The Balaban J connectivity index is 3.01. The Bertz CT molecular complexity index is 457. The van der Waals surface area contributed by atoms with Crippen LogP contribution in [-0.4, -0.2) is 22.3 Å². The molecule has 4 N–H and O–H groups in total. The summed E-state index contributed by atoms with van der Waals surface area (Å²) >= 11 is 0. The van der Waals surface area contributed by atoms with Crippen LogP contribution in [0, 0.1) is 10.1 Å². The number of carbonyl (C=O) groups excluding carboxylic acids is 1. The number of hydrazone groups is 1. The summed E-state index contributed by atoms with van der Waals surface area (Å²) in [6.45, 7) is 0. The van der Waals surface area contributed by atoms with Gasteiger partial charge in [0.15, 0.2) is 0 Å². The number of hydrogen-bond donors (Lipinski definition) is 3. The summed E-state index contributed by atoms with van der Waals surface area (Å²) in [5.74, 6) is -0.147. The van der Waals surface area contributed by atoms with Crippen LogP contribution in [0.25, 0.3) is 0 Å². The number of nitro groups is 1. The third-order valence-electron chi connectivity index (χ3n) is 1.59. The molecule has 84 valence electrons. The standard InChI is InChI=1S/C8H8N4O4/c9-8(14)11-10-4-5-3-6(13)1-2-7(5)12(15)16/h1-4,13H,(H3,9,11,14). The molecule has 0 heterocycles. The van der Waals surface area contributed by atoms with E-state index in [4.69, 9.17) is 10.8 Å². The number of carbonyl (C=O) groups is 1. The van der Waals surface area contributed by atoms with Crippen LogP contribution < -0.4 is 11.2 Å². The van der Waals surface area contributed by atoms with Gasteiger partial charge in [-0.2, -0.15) is 5.10 Å². The SMILES string of the molecule is NC(=O)NN=Cc1cc(O)ccc1[N+](=O)[O-]. The highest BCUT2D eigenvalue weighted by Gasteiger charge is 2.12. The zero-order valence-electron chi connectivity index (χ0n) is 7.95. The van der Waals surface area contributed by atoms with Crippen molar-refractivity contribution in [3.8, 4) is 5.75 Å². The van der Waals surface area contributed by atoms with E-state index in [0.29, 0.717) is 0 Å². The van der Waals surface area contributed by atoms with Gasteiger partial charge < -0.3 is 10.8 Å². The second kappa shape index (κ2) is 4.73. The lowest BCUT2D eigenvalue weighted by Crippen LogP contribution is -2.24. The number of amides is 2. The number of aromatic hydroxyl groups is 1. The van der Waals surface area contributed by atoms with E-state index in [1.54, 1.807) is 0 Å². The predicted molar refractivity (Wildman–Crippen MR) is 55.1 cm³/mol. The van der Waals surface area contributed by atoms with Crippen LogP contribution in [0.4, 0.5) is 10.5 Å². The Morgan fingerprint density at radius 3 is 2.88 bits per heavy atom. The van der Waals surface area contributed by atoms with Crippen LogP contribution in [0.15, 0.2) is 23.3 Å². The summed E-state index contributed by atoms with van der Waals surface area (Å²) in [5.41, 5.74) is 6.43. The van der Waals surface area contributed by atoms with Gasteiger partial charge in [-0.15, -0.1) is 0 Å². The highest BCUT2D eigenvalue weighted by atomic mass is 16.6. The molecular formula is C8H8N4O4. The molecular weight excluding hydrogens is 216 g/mol. The zero-order valence-corrected chi connectivity index (χ0v) is 7.95. The van der Waals surface area contributed by atoms with Gasteiger partial charge in [0.2, 0.25) is 0 Å². The first-order valence-corrected chi connectivity index (χ1v) is 4.06. The van der Waals surface area contributed by atoms with E-state index in [1.807, 2.05) is 5.43 Å². The van der Waals surface area contributed by atoms with Gasteiger partial charge in [0.1, 0.15) is 5.75 Å². The second-order valence-corrected chi connectivity index (χ2v) is 2.73. The molecule has 0 aliphatic heterocycles. The average molecular weight is 224 g/mol. The number of primary amides is 1. The number of urea groups is 1. The maximum absolute atomic E-state index is 10.6. The molecule has 0 saturated carbocycles. The molecule has 0 bridgehead atoms. The maximum Gasteiger partial charge on any atom is 0.332 e. The summed E-state index contributed by atoms with van der Waals surface area (Å²) in [5, 5.41) is 23.1. The van der Waals surface area contributed by atoms with Crippen LogP contribution in [0.5, 0.6) is 5.75 Å². The Kier molecular flexibility index (Phi) is 3.38. The largest absolute Gasteiger partial charge is 0.508 e. The van der Waals surface area contributed by atoms with Crippen molar-refractivity contribution in [1.29, 1.82) is 0 Å². The molecule has 1 rings (SSSR count). The van der Waals surface area contributed by atoms with E-state index in [0.717, 1.165) is 18.3 Å². The van der Waals surface area contributed by atoms with Crippen molar-refractivity contribution in [1.82, 2.24) is 5.43 Å². The van der Waals surface area contributed by atoms with Gasteiger partial charge in [-0.3, -0.25) is 10.1 Å². The Morgan fingerprint density at radius 1 is 1.62 bits per heavy atom. The first kappa shape index (κ1) is 11.4. The van der Waals surface area contributed by atoms with Crippen molar-refractivity contribution in [2.24, 2.45) is 10.8 Å². The molecule has 0 spiro atoms. The van der Waals surface area contributed by atoms with E-state index in [-0.39, 0.29) is 17.0 Å². The number of nitrogens with one attached hydrogen (secondary N) is 1. The molecule has 8 heteroatoms. The van der Waals surface area contributed by atoms with Gasteiger partial charge in [0, 0.05) is 6.07 Å². The fourth-order valence-electron chi connectivity index (χ4n) is 0.977. The van der Waals surface area contributed by atoms with E-state index in [2.05, 4.69) is 5.10 Å². The van der Waals surface area contributed by atoms with E-state index < -0.39 is 11.0 Å². The van der Waals surface area contributed by atoms with Crippen LogP contribution >= 0.6 is 0 Å². The van der Waals surface area contributed by atoms with Crippen LogP contribution in [-0.2, 0) is 0 Å². The second-order valence-electron chi connectivity index (χ2n) is 2.73. The van der Waals surface area contributed by atoms with Gasteiger partial charge in [-0.05, 0) is 12.1 Å². The van der Waals surface area contributed by atoms with Crippen molar-refractivity contribution >= 4 is 17.9 Å². The first-order valence-electron chi connectivity index (χ1n) is 4.06. The summed E-state index contributed by atoms with van der Waals surface area (Å²) in [6, 6.07) is 2.56. The molecule has 0 atom stereocenters. The highest BCUT2D eigenvalue weighted by molar-refractivity contribution is 5.86. The number of rotatable bonds is 3. The van der Waals surface area contributed by atoms with Gasteiger partial charge in [-0.25, -0.2) is 10.2 Å². The third kappa shape index (κ3) is 2.94. The van der Waals surface area contributed by atoms with Crippen molar-refractivity contribution in [2.75, 3.05) is 0 Å². The Labute approximate surface area is 89.5 Å². The number of nitrogens with two attached hydrogens (primary N) is 1. The van der Waals surface area contributed by atoms with Crippen LogP contribution in [0.2, 0.25) is 0 Å². The van der Waals surface area contributed by atoms with Crippen molar-refractivity contribution in [3.05, 3.63) is 33.9 Å². The number of phenols is 1. The Morgan fingerprint density at radius 2 is 2.31 bits per heavy atom.